The monoisotopic (exact) mass is 294 g/mol. The highest BCUT2D eigenvalue weighted by atomic mass is 16.5. The summed E-state index contributed by atoms with van der Waals surface area (Å²) in [6, 6.07) is 11.9. The van der Waals surface area contributed by atoms with E-state index in [2.05, 4.69) is 0 Å². The van der Waals surface area contributed by atoms with Gasteiger partial charge in [0.2, 0.25) is 0 Å². The summed E-state index contributed by atoms with van der Waals surface area (Å²) in [5.74, 6) is 1.68. The van der Waals surface area contributed by atoms with Gasteiger partial charge < -0.3 is 13.9 Å². The quantitative estimate of drug-likeness (QED) is 0.639. The molecule has 0 spiro atoms. The number of ether oxygens (including phenoxy) is 2. The van der Waals surface area contributed by atoms with Crippen LogP contribution >= 0.6 is 0 Å². The van der Waals surface area contributed by atoms with Crippen LogP contribution in [-0.2, 0) is 0 Å². The lowest BCUT2D eigenvalue weighted by Crippen LogP contribution is -1.87. The van der Waals surface area contributed by atoms with Gasteiger partial charge in [-0.2, -0.15) is 0 Å². The number of benzene rings is 2. The van der Waals surface area contributed by atoms with E-state index in [-0.39, 0.29) is 0 Å². The molecule has 2 aromatic carbocycles. The van der Waals surface area contributed by atoms with Crippen LogP contribution in [0.3, 0.4) is 0 Å². The van der Waals surface area contributed by atoms with Crippen molar-refractivity contribution in [2.45, 2.75) is 6.92 Å². The largest absolute Gasteiger partial charge is 0.497 e. The minimum atomic E-state index is 0.835. The van der Waals surface area contributed by atoms with Gasteiger partial charge in [-0.15, -0.1) is 0 Å². The van der Waals surface area contributed by atoms with E-state index in [4.69, 9.17) is 13.9 Å². The van der Waals surface area contributed by atoms with Crippen LogP contribution in [0.5, 0.6) is 11.5 Å². The molecule has 0 fully saturated rings. The van der Waals surface area contributed by atoms with Gasteiger partial charge in [0.25, 0.3) is 0 Å². The van der Waals surface area contributed by atoms with Gasteiger partial charge in [0.05, 0.1) is 20.5 Å². The second kappa shape index (κ2) is 5.98. The SMILES string of the molecule is COc1ccc(C=Cc2cc3occ(C)c3cc2OC)cc1. The normalized spacial score (nSPS) is 11.2. The molecule has 3 nitrogen and oxygen atoms in total. The van der Waals surface area contributed by atoms with Crippen LogP contribution in [0.1, 0.15) is 16.7 Å². The van der Waals surface area contributed by atoms with Crippen molar-refractivity contribution >= 4 is 23.1 Å². The van der Waals surface area contributed by atoms with Crippen molar-refractivity contribution < 1.29 is 13.9 Å². The molecule has 3 heteroatoms. The van der Waals surface area contributed by atoms with E-state index in [1.165, 1.54) is 0 Å². The molecule has 0 aliphatic carbocycles. The standard InChI is InChI=1S/C19H18O3/c1-13-12-22-19-10-15(18(21-3)11-17(13)19)7-4-14-5-8-16(20-2)9-6-14/h4-12H,1-3H3. The summed E-state index contributed by atoms with van der Waals surface area (Å²) in [6.45, 7) is 2.03. The Morgan fingerprint density at radius 2 is 1.73 bits per heavy atom. The fraction of sp³-hybridized carbons (Fsp3) is 0.158. The Kier molecular flexibility index (Phi) is 3.88. The highest BCUT2D eigenvalue weighted by Gasteiger charge is 2.08. The molecule has 0 bridgehead atoms. The van der Waals surface area contributed by atoms with E-state index < -0.39 is 0 Å². The predicted octanol–water partition coefficient (Wildman–Crippen LogP) is 4.93. The lowest BCUT2D eigenvalue weighted by atomic mass is 10.1. The molecular formula is C19H18O3. The zero-order valence-electron chi connectivity index (χ0n) is 12.9. The third-order valence-corrected chi connectivity index (χ3v) is 3.69. The first-order valence-electron chi connectivity index (χ1n) is 7.09. The maximum Gasteiger partial charge on any atom is 0.135 e. The molecule has 0 aliphatic rings. The van der Waals surface area contributed by atoms with Gasteiger partial charge in [0, 0.05) is 10.9 Å². The van der Waals surface area contributed by atoms with Crippen LogP contribution < -0.4 is 9.47 Å². The van der Waals surface area contributed by atoms with E-state index in [1.807, 2.05) is 55.5 Å². The molecule has 0 N–H and O–H groups in total. The predicted molar refractivity (Wildman–Crippen MR) is 89.4 cm³/mol. The van der Waals surface area contributed by atoms with Crippen LogP contribution in [0.2, 0.25) is 0 Å². The number of furan rings is 1. The third kappa shape index (κ3) is 2.70. The lowest BCUT2D eigenvalue weighted by Gasteiger charge is -2.05. The van der Waals surface area contributed by atoms with Crippen LogP contribution in [0.15, 0.2) is 47.1 Å². The molecule has 3 aromatic rings. The fourth-order valence-electron chi connectivity index (χ4n) is 2.40. The molecule has 112 valence electrons. The van der Waals surface area contributed by atoms with E-state index in [1.54, 1.807) is 20.5 Å². The van der Waals surface area contributed by atoms with Crippen molar-refractivity contribution in [3.05, 3.63) is 59.4 Å². The smallest absolute Gasteiger partial charge is 0.135 e. The van der Waals surface area contributed by atoms with Gasteiger partial charge in [-0.25, -0.2) is 0 Å². The van der Waals surface area contributed by atoms with Crippen LogP contribution in [0, 0.1) is 6.92 Å². The Bertz CT molecular complexity index is 811. The van der Waals surface area contributed by atoms with Crippen LogP contribution in [-0.4, -0.2) is 14.2 Å². The number of hydrogen-bond acceptors (Lipinski definition) is 3. The summed E-state index contributed by atoms with van der Waals surface area (Å²) in [5, 5.41) is 1.08. The molecule has 3 rings (SSSR count). The van der Waals surface area contributed by atoms with Crippen LogP contribution in [0.4, 0.5) is 0 Å². The number of methoxy groups -OCH3 is 2. The van der Waals surface area contributed by atoms with E-state index in [0.29, 0.717) is 0 Å². The van der Waals surface area contributed by atoms with Crippen LogP contribution in [0.25, 0.3) is 23.1 Å². The van der Waals surface area contributed by atoms with E-state index in [0.717, 1.165) is 39.2 Å². The van der Waals surface area contributed by atoms with Crippen molar-refractivity contribution in [2.24, 2.45) is 0 Å². The first kappa shape index (κ1) is 14.3. The molecule has 1 aromatic heterocycles. The number of aryl methyl sites for hydroxylation is 1. The average Bonchev–Trinajstić information content (AvgIpc) is 2.92. The molecule has 0 saturated heterocycles. The maximum absolute atomic E-state index is 5.57. The molecule has 1 heterocycles. The topological polar surface area (TPSA) is 31.6 Å². The summed E-state index contributed by atoms with van der Waals surface area (Å²) in [4.78, 5) is 0. The fourth-order valence-corrected chi connectivity index (χ4v) is 2.40. The van der Waals surface area contributed by atoms with Gasteiger partial charge >= 0.3 is 0 Å². The minimum Gasteiger partial charge on any atom is -0.497 e. The average molecular weight is 294 g/mol. The molecule has 22 heavy (non-hydrogen) atoms. The maximum atomic E-state index is 5.57. The number of hydrogen-bond donors (Lipinski definition) is 0. The molecule has 0 aliphatic heterocycles. The summed E-state index contributed by atoms with van der Waals surface area (Å²) in [6.07, 6.45) is 5.83. The highest BCUT2D eigenvalue weighted by Crippen LogP contribution is 2.30. The van der Waals surface area contributed by atoms with E-state index >= 15 is 0 Å². The van der Waals surface area contributed by atoms with Crippen molar-refractivity contribution in [3.8, 4) is 11.5 Å². The van der Waals surface area contributed by atoms with Gasteiger partial charge in [-0.3, -0.25) is 0 Å². The van der Waals surface area contributed by atoms with Gasteiger partial charge in [-0.1, -0.05) is 24.3 Å². The Labute approximate surface area is 129 Å². The first-order chi connectivity index (χ1) is 10.7. The van der Waals surface area contributed by atoms with Gasteiger partial charge in [-0.05, 0) is 42.3 Å². The summed E-state index contributed by atoms with van der Waals surface area (Å²) in [7, 11) is 3.34. The summed E-state index contributed by atoms with van der Waals surface area (Å²) < 4.78 is 16.2. The highest BCUT2D eigenvalue weighted by molar-refractivity contribution is 5.87. The van der Waals surface area contributed by atoms with Crippen molar-refractivity contribution in [1.82, 2.24) is 0 Å². The zero-order chi connectivity index (χ0) is 15.5. The van der Waals surface area contributed by atoms with Gasteiger partial charge in [0.1, 0.15) is 17.1 Å². The Balaban J connectivity index is 1.95. The van der Waals surface area contributed by atoms with Crippen molar-refractivity contribution in [3.63, 3.8) is 0 Å². The molecule has 0 amide bonds. The lowest BCUT2D eigenvalue weighted by molar-refractivity contribution is 0.414. The molecule has 0 radical (unpaired) electrons. The van der Waals surface area contributed by atoms with Crippen molar-refractivity contribution in [1.29, 1.82) is 0 Å². The zero-order valence-corrected chi connectivity index (χ0v) is 12.9. The first-order valence-corrected chi connectivity index (χ1v) is 7.09. The van der Waals surface area contributed by atoms with E-state index in [9.17, 15) is 0 Å². The second-order valence-corrected chi connectivity index (χ2v) is 5.12. The summed E-state index contributed by atoms with van der Waals surface area (Å²) >= 11 is 0. The number of rotatable bonds is 4. The molecule has 0 atom stereocenters. The molecule has 0 unspecified atom stereocenters. The Hall–Kier alpha value is -2.68. The Morgan fingerprint density at radius 3 is 2.41 bits per heavy atom. The number of fused-ring (bicyclic) bond motifs is 1. The third-order valence-electron chi connectivity index (χ3n) is 3.69. The minimum absolute atomic E-state index is 0.835. The molecular weight excluding hydrogens is 276 g/mol. The summed E-state index contributed by atoms with van der Waals surface area (Å²) in [5.41, 5.74) is 4.06. The second-order valence-electron chi connectivity index (χ2n) is 5.12. The molecule has 0 saturated carbocycles. The van der Waals surface area contributed by atoms with Gasteiger partial charge in [0.15, 0.2) is 0 Å². The van der Waals surface area contributed by atoms with Crippen molar-refractivity contribution in [2.75, 3.05) is 14.2 Å². The Morgan fingerprint density at radius 1 is 0.955 bits per heavy atom.